The molecule has 0 unspecified atom stereocenters. The number of benzene rings is 2. The summed E-state index contributed by atoms with van der Waals surface area (Å²) in [4.78, 5) is 4.70. The van der Waals surface area contributed by atoms with Crippen molar-refractivity contribution in [2.45, 2.75) is 45.0 Å². The van der Waals surface area contributed by atoms with Crippen molar-refractivity contribution in [3.05, 3.63) is 59.2 Å². The average Bonchev–Trinajstić information content (AvgIpc) is 2.86. The van der Waals surface area contributed by atoms with Crippen molar-refractivity contribution in [1.29, 1.82) is 0 Å². The summed E-state index contributed by atoms with van der Waals surface area (Å²) in [6.07, 6.45) is 1.93. The van der Waals surface area contributed by atoms with E-state index in [4.69, 9.17) is 9.72 Å². The molecule has 4 rings (SSSR count). The topological polar surface area (TPSA) is 59.9 Å². The number of fused-ring (bicyclic) bond motifs is 3. The van der Waals surface area contributed by atoms with Gasteiger partial charge in [0.05, 0.1) is 0 Å². The number of unbranched alkanes of at least 4 members (excludes halogenated alkanes) is 1. The Hall–Kier alpha value is -2.60. The van der Waals surface area contributed by atoms with E-state index in [-0.39, 0.29) is 6.23 Å². The molecule has 2 heterocycles. The second-order valence-corrected chi connectivity index (χ2v) is 8.06. The van der Waals surface area contributed by atoms with Crippen molar-refractivity contribution in [1.82, 2.24) is 15.2 Å². The van der Waals surface area contributed by atoms with Gasteiger partial charge in [0.1, 0.15) is 0 Å². The number of ether oxygens (including phenoxy) is 1. The minimum Gasteiger partial charge on any atom is -0.448 e. The van der Waals surface area contributed by atoms with Crippen molar-refractivity contribution in [2.75, 3.05) is 11.1 Å². The fourth-order valence-corrected chi connectivity index (χ4v) is 4.06. The molecule has 0 saturated heterocycles. The van der Waals surface area contributed by atoms with Crippen molar-refractivity contribution in [3.8, 4) is 17.1 Å². The monoisotopic (exact) mass is 392 g/mol. The maximum atomic E-state index is 6.37. The summed E-state index contributed by atoms with van der Waals surface area (Å²) in [6.45, 7) is 6.37. The Balaban J connectivity index is 1.77. The van der Waals surface area contributed by atoms with Gasteiger partial charge in [0.25, 0.3) is 0 Å². The predicted molar refractivity (Wildman–Crippen MR) is 114 cm³/mol. The highest BCUT2D eigenvalue weighted by atomic mass is 32.2. The summed E-state index contributed by atoms with van der Waals surface area (Å²) in [5.74, 6) is 1.50. The zero-order valence-electron chi connectivity index (χ0n) is 16.4. The molecule has 144 valence electrons. The molecule has 0 radical (unpaired) electrons. The number of thioether (sulfide) groups is 1. The number of hydrogen-bond donors (Lipinski definition) is 1. The molecule has 1 aliphatic rings. The number of hydrogen-bond acceptors (Lipinski definition) is 6. The molecule has 0 amide bonds. The van der Waals surface area contributed by atoms with Crippen LogP contribution in [0.1, 0.15) is 42.7 Å². The molecular formula is C22H24N4OS. The summed E-state index contributed by atoms with van der Waals surface area (Å²) in [5.41, 5.74) is 6.06. The number of anilines is 1. The third-order valence-electron chi connectivity index (χ3n) is 4.78. The van der Waals surface area contributed by atoms with Crippen LogP contribution in [-0.4, -0.2) is 20.9 Å². The molecule has 0 bridgehead atoms. The van der Waals surface area contributed by atoms with Gasteiger partial charge >= 0.3 is 0 Å². The third-order valence-corrected chi connectivity index (χ3v) is 5.70. The Morgan fingerprint density at radius 2 is 1.96 bits per heavy atom. The van der Waals surface area contributed by atoms with Gasteiger partial charge in [0.2, 0.25) is 11.0 Å². The molecule has 0 fully saturated rings. The lowest BCUT2D eigenvalue weighted by atomic mass is 10.0. The van der Waals surface area contributed by atoms with E-state index in [0.29, 0.717) is 16.7 Å². The molecule has 28 heavy (non-hydrogen) atoms. The van der Waals surface area contributed by atoms with E-state index >= 15 is 0 Å². The molecular weight excluding hydrogens is 368 g/mol. The van der Waals surface area contributed by atoms with Crippen molar-refractivity contribution in [3.63, 3.8) is 0 Å². The summed E-state index contributed by atoms with van der Waals surface area (Å²) < 4.78 is 6.37. The molecule has 3 aromatic rings. The van der Waals surface area contributed by atoms with E-state index < -0.39 is 0 Å². The first-order valence-corrected chi connectivity index (χ1v) is 10.6. The minimum atomic E-state index is -0.340. The zero-order valence-corrected chi connectivity index (χ0v) is 17.2. The van der Waals surface area contributed by atoms with Gasteiger partial charge in [-0.3, -0.25) is 0 Å². The maximum absolute atomic E-state index is 6.37. The summed E-state index contributed by atoms with van der Waals surface area (Å²) in [7, 11) is 0. The smallest absolute Gasteiger partial charge is 0.247 e. The first-order chi connectivity index (χ1) is 13.7. The van der Waals surface area contributed by atoms with Crippen LogP contribution in [0, 0.1) is 13.8 Å². The number of nitrogens with zero attached hydrogens (tertiary/aromatic N) is 3. The lowest BCUT2D eigenvalue weighted by Gasteiger charge is -2.21. The minimum absolute atomic E-state index is 0.340. The van der Waals surface area contributed by atoms with E-state index in [0.717, 1.165) is 35.4 Å². The van der Waals surface area contributed by atoms with Gasteiger partial charge in [-0.15, -0.1) is 10.2 Å². The molecule has 1 aliphatic heterocycles. The number of para-hydroxylation sites is 1. The highest BCUT2D eigenvalue weighted by Gasteiger charge is 2.26. The third kappa shape index (κ3) is 3.83. The Labute approximate surface area is 170 Å². The van der Waals surface area contributed by atoms with Gasteiger partial charge in [0.15, 0.2) is 11.9 Å². The van der Waals surface area contributed by atoms with Crippen LogP contribution in [0.25, 0.3) is 11.3 Å². The second kappa shape index (κ2) is 8.19. The number of rotatable bonds is 5. The van der Waals surface area contributed by atoms with Crippen LogP contribution in [0.15, 0.2) is 47.6 Å². The van der Waals surface area contributed by atoms with Gasteiger partial charge in [-0.2, -0.15) is 4.98 Å². The average molecular weight is 393 g/mol. The van der Waals surface area contributed by atoms with E-state index in [2.05, 4.69) is 54.5 Å². The Bertz CT molecular complexity index is 992. The van der Waals surface area contributed by atoms with Crippen molar-refractivity contribution < 1.29 is 4.74 Å². The largest absolute Gasteiger partial charge is 0.448 e. The van der Waals surface area contributed by atoms with E-state index in [1.165, 1.54) is 11.1 Å². The van der Waals surface area contributed by atoms with Gasteiger partial charge in [-0.25, -0.2) is 0 Å². The maximum Gasteiger partial charge on any atom is 0.247 e. The Morgan fingerprint density at radius 1 is 1.11 bits per heavy atom. The second-order valence-electron chi connectivity index (χ2n) is 7.00. The molecule has 1 atom stereocenters. The first-order valence-electron chi connectivity index (χ1n) is 9.63. The molecule has 0 aliphatic carbocycles. The fraction of sp³-hybridized carbons (Fsp3) is 0.318. The number of nitrogens with one attached hydrogen (secondary N) is 1. The predicted octanol–water partition coefficient (Wildman–Crippen LogP) is 5.55. The lowest BCUT2D eigenvalue weighted by molar-refractivity contribution is 0.224. The highest BCUT2D eigenvalue weighted by Crippen LogP contribution is 2.40. The van der Waals surface area contributed by atoms with Gasteiger partial charge in [-0.05, 0) is 31.9 Å². The summed E-state index contributed by atoms with van der Waals surface area (Å²) in [5, 5.41) is 13.0. The van der Waals surface area contributed by atoms with Crippen LogP contribution in [0.4, 0.5) is 5.69 Å². The number of aromatic nitrogens is 3. The van der Waals surface area contributed by atoms with Crippen LogP contribution >= 0.6 is 11.8 Å². The fourth-order valence-electron chi connectivity index (χ4n) is 3.20. The molecule has 6 heteroatoms. The Morgan fingerprint density at radius 3 is 2.82 bits per heavy atom. The van der Waals surface area contributed by atoms with Crippen LogP contribution in [-0.2, 0) is 0 Å². The van der Waals surface area contributed by atoms with E-state index in [1.807, 2.05) is 24.3 Å². The van der Waals surface area contributed by atoms with E-state index in [9.17, 15) is 0 Å². The molecule has 5 nitrogen and oxygen atoms in total. The van der Waals surface area contributed by atoms with Crippen LogP contribution in [0.2, 0.25) is 0 Å². The van der Waals surface area contributed by atoms with Crippen LogP contribution < -0.4 is 10.1 Å². The summed E-state index contributed by atoms with van der Waals surface area (Å²) in [6, 6.07) is 14.5. The zero-order chi connectivity index (χ0) is 19.5. The Kier molecular flexibility index (Phi) is 5.48. The molecule has 2 aromatic carbocycles. The summed E-state index contributed by atoms with van der Waals surface area (Å²) >= 11 is 1.62. The van der Waals surface area contributed by atoms with Crippen LogP contribution in [0.5, 0.6) is 5.88 Å². The standard InChI is InChI=1S/C22H24N4OS/c1-4-5-12-28-22-24-21-19(25-26-22)16-8-6-7-9-18(16)23-20(27-21)17-13-14(2)10-11-15(17)3/h6-11,13,20,23H,4-5,12H2,1-3H3/t20-/m0/s1. The van der Waals surface area contributed by atoms with E-state index in [1.54, 1.807) is 11.8 Å². The highest BCUT2D eigenvalue weighted by molar-refractivity contribution is 7.99. The lowest BCUT2D eigenvalue weighted by Crippen LogP contribution is -2.18. The quantitative estimate of drug-likeness (QED) is 0.454. The molecule has 0 saturated carbocycles. The van der Waals surface area contributed by atoms with Gasteiger partial charge < -0.3 is 10.1 Å². The van der Waals surface area contributed by atoms with Crippen molar-refractivity contribution >= 4 is 17.4 Å². The molecule has 0 spiro atoms. The van der Waals surface area contributed by atoms with Gasteiger partial charge in [-0.1, -0.05) is 67.1 Å². The first kappa shape index (κ1) is 18.7. The van der Waals surface area contributed by atoms with Crippen molar-refractivity contribution in [2.24, 2.45) is 0 Å². The van der Waals surface area contributed by atoms with Crippen LogP contribution in [0.3, 0.4) is 0 Å². The molecule has 1 aromatic heterocycles. The molecule has 1 N–H and O–H groups in total. The number of aryl methyl sites for hydroxylation is 2. The van der Waals surface area contributed by atoms with Gasteiger partial charge in [0, 0.05) is 22.6 Å². The normalized spacial score (nSPS) is 15.0. The SMILES string of the molecule is CCCCSc1nnc2c(n1)O[C@@H](c1cc(C)ccc1C)Nc1ccccc1-2.